The van der Waals surface area contributed by atoms with Gasteiger partial charge in [-0.25, -0.2) is 8.42 Å². The molecule has 0 N–H and O–H groups in total. The van der Waals surface area contributed by atoms with E-state index in [0.717, 1.165) is 0 Å². The summed E-state index contributed by atoms with van der Waals surface area (Å²) in [5.74, 6) is 0.384. The number of benzene rings is 1. The third-order valence-electron chi connectivity index (χ3n) is 3.56. The van der Waals surface area contributed by atoms with Gasteiger partial charge in [0.15, 0.2) is 0 Å². The fraction of sp³-hybridized carbons (Fsp3) is 0.267. The van der Waals surface area contributed by atoms with Crippen LogP contribution in [0.3, 0.4) is 0 Å². The van der Waals surface area contributed by atoms with Gasteiger partial charge in [0, 0.05) is 18.8 Å². The SMILES string of the molecule is N#Cc1ccc(S(=O)(=O)N2CCC(Oc3cccnn3)C2)cc1. The van der Waals surface area contributed by atoms with Crippen LogP contribution in [0, 0.1) is 11.3 Å². The molecule has 23 heavy (non-hydrogen) atoms. The molecule has 0 amide bonds. The van der Waals surface area contributed by atoms with Gasteiger partial charge >= 0.3 is 0 Å². The fourth-order valence-corrected chi connectivity index (χ4v) is 3.87. The Balaban J connectivity index is 1.71. The molecule has 118 valence electrons. The smallest absolute Gasteiger partial charge is 0.243 e. The lowest BCUT2D eigenvalue weighted by atomic mass is 10.2. The molecule has 0 saturated carbocycles. The topological polar surface area (TPSA) is 96.2 Å². The van der Waals surface area contributed by atoms with E-state index in [1.54, 1.807) is 18.3 Å². The molecule has 1 aliphatic heterocycles. The lowest BCUT2D eigenvalue weighted by molar-refractivity contribution is 0.204. The second kappa shape index (κ2) is 6.32. The van der Waals surface area contributed by atoms with Crippen LogP contribution in [0.15, 0.2) is 47.5 Å². The van der Waals surface area contributed by atoms with Crippen LogP contribution in [0.1, 0.15) is 12.0 Å². The maximum absolute atomic E-state index is 12.6. The molecule has 0 bridgehead atoms. The molecule has 1 fully saturated rings. The van der Waals surface area contributed by atoms with Crippen LogP contribution >= 0.6 is 0 Å². The van der Waals surface area contributed by atoms with Gasteiger partial charge in [0.05, 0.1) is 23.1 Å². The minimum atomic E-state index is -3.58. The van der Waals surface area contributed by atoms with E-state index in [-0.39, 0.29) is 17.5 Å². The molecule has 2 aromatic rings. The Kier molecular flexibility index (Phi) is 4.23. The Morgan fingerprint density at radius 3 is 2.70 bits per heavy atom. The largest absolute Gasteiger partial charge is 0.472 e. The number of hydrogen-bond donors (Lipinski definition) is 0. The Morgan fingerprint density at radius 1 is 1.26 bits per heavy atom. The second-order valence-corrected chi connectivity index (χ2v) is 7.03. The summed E-state index contributed by atoms with van der Waals surface area (Å²) in [6.45, 7) is 0.645. The number of rotatable bonds is 4. The maximum atomic E-state index is 12.6. The Hall–Kier alpha value is -2.50. The molecule has 1 aromatic heterocycles. The zero-order valence-corrected chi connectivity index (χ0v) is 13.0. The van der Waals surface area contributed by atoms with E-state index >= 15 is 0 Å². The van der Waals surface area contributed by atoms with Gasteiger partial charge in [0.2, 0.25) is 15.9 Å². The van der Waals surface area contributed by atoms with Crippen molar-refractivity contribution in [2.75, 3.05) is 13.1 Å². The maximum Gasteiger partial charge on any atom is 0.243 e. The molecule has 0 aliphatic carbocycles. The van der Waals surface area contributed by atoms with Gasteiger partial charge in [-0.15, -0.1) is 5.10 Å². The minimum absolute atomic E-state index is 0.177. The van der Waals surface area contributed by atoms with Crippen LogP contribution in [0.2, 0.25) is 0 Å². The lowest BCUT2D eigenvalue weighted by Gasteiger charge is -2.17. The van der Waals surface area contributed by atoms with E-state index in [9.17, 15) is 8.42 Å². The highest BCUT2D eigenvalue weighted by Gasteiger charge is 2.33. The monoisotopic (exact) mass is 330 g/mol. The van der Waals surface area contributed by atoms with Crippen molar-refractivity contribution in [2.24, 2.45) is 0 Å². The first-order valence-electron chi connectivity index (χ1n) is 7.04. The van der Waals surface area contributed by atoms with Gasteiger partial charge in [-0.1, -0.05) is 0 Å². The molecule has 1 aromatic carbocycles. The molecular weight excluding hydrogens is 316 g/mol. The van der Waals surface area contributed by atoms with Crippen molar-refractivity contribution in [3.8, 4) is 11.9 Å². The number of hydrogen-bond acceptors (Lipinski definition) is 6. The van der Waals surface area contributed by atoms with Crippen molar-refractivity contribution < 1.29 is 13.2 Å². The van der Waals surface area contributed by atoms with Crippen LogP contribution in [0.25, 0.3) is 0 Å². The van der Waals surface area contributed by atoms with Crippen LogP contribution in [-0.4, -0.2) is 42.1 Å². The summed E-state index contributed by atoms with van der Waals surface area (Å²) >= 11 is 0. The molecule has 8 heteroatoms. The van der Waals surface area contributed by atoms with E-state index in [2.05, 4.69) is 10.2 Å². The van der Waals surface area contributed by atoms with Gasteiger partial charge in [0.1, 0.15) is 6.10 Å². The highest BCUT2D eigenvalue weighted by atomic mass is 32.2. The van der Waals surface area contributed by atoms with E-state index in [1.807, 2.05) is 6.07 Å². The summed E-state index contributed by atoms with van der Waals surface area (Å²) in [5, 5.41) is 16.3. The average molecular weight is 330 g/mol. The van der Waals surface area contributed by atoms with Crippen molar-refractivity contribution >= 4 is 10.0 Å². The van der Waals surface area contributed by atoms with Crippen LogP contribution in [-0.2, 0) is 10.0 Å². The molecule has 2 heterocycles. The molecule has 0 spiro atoms. The Morgan fingerprint density at radius 2 is 2.04 bits per heavy atom. The number of ether oxygens (including phenoxy) is 1. The van der Waals surface area contributed by atoms with Crippen molar-refractivity contribution in [3.63, 3.8) is 0 Å². The highest BCUT2D eigenvalue weighted by molar-refractivity contribution is 7.89. The van der Waals surface area contributed by atoms with Crippen molar-refractivity contribution in [2.45, 2.75) is 17.4 Å². The molecular formula is C15H14N4O3S. The predicted molar refractivity (Wildman–Crippen MR) is 81.0 cm³/mol. The summed E-state index contributed by atoms with van der Waals surface area (Å²) in [6, 6.07) is 11.3. The van der Waals surface area contributed by atoms with Gasteiger partial charge in [-0.3, -0.25) is 0 Å². The first-order chi connectivity index (χ1) is 11.1. The normalized spacial score (nSPS) is 18.5. The quantitative estimate of drug-likeness (QED) is 0.835. The lowest BCUT2D eigenvalue weighted by Crippen LogP contribution is -2.31. The summed E-state index contributed by atoms with van der Waals surface area (Å²) in [6.07, 6.45) is 1.88. The molecule has 1 saturated heterocycles. The molecule has 3 rings (SSSR count). The van der Waals surface area contributed by atoms with E-state index in [0.29, 0.717) is 24.4 Å². The molecule has 1 atom stereocenters. The summed E-state index contributed by atoms with van der Waals surface area (Å²) < 4.78 is 32.2. The first-order valence-corrected chi connectivity index (χ1v) is 8.48. The van der Waals surface area contributed by atoms with Crippen molar-refractivity contribution in [1.29, 1.82) is 5.26 Å². The summed E-state index contributed by atoms with van der Waals surface area (Å²) in [7, 11) is -3.58. The van der Waals surface area contributed by atoms with Crippen LogP contribution in [0.5, 0.6) is 5.88 Å². The number of sulfonamides is 1. The molecule has 7 nitrogen and oxygen atoms in total. The number of nitriles is 1. The fourth-order valence-electron chi connectivity index (χ4n) is 2.38. The Bertz CT molecular complexity index is 816. The van der Waals surface area contributed by atoms with Gasteiger partial charge < -0.3 is 4.74 Å². The predicted octanol–water partition coefficient (Wildman–Crippen LogP) is 1.19. The average Bonchev–Trinajstić information content (AvgIpc) is 3.05. The third-order valence-corrected chi connectivity index (χ3v) is 5.44. The third kappa shape index (κ3) is 3.31. The van der Waals surface area contributed by atoms with E-state index in [1.165, 1.54) is 28.6 Å². The van der Waals surface area contributed by atoms with E-state index in [4.69, 9.17) is 10.00 Å². The molecule has 1 aliphatic rings. The minimum Gasteiger partial charge on any atom is -0.472 e. The molecule has 0 radical (unpaired) electrons. The zero-order valence-electron chi connectivity index (χ0n) is 12.2. The van der Waals surface area contributed by atoms with Crippen molar-refractivity contribution in [3.05, 3.63) is 48.2 Å². The van der Waals surface area contributed by atoms with E-state index < -0.39 is 10.0 Å². The van der Waals surface area contributed by atoms with Gasteiger partial charge in [-0.05, 0) is 36.8 Å². The number of nitrogens with zero attached hydrogens (tertiary/aromatic N) is 4. The van der Waals surface area contributed by atoms with Crippen molar-refractivity contribution in [1.82, 2.24) is 14.5 Å². The van der Waals surface area contributed by atoms with Crippen LogP contribution in [0.4, 0.5) is 0 Å². The highest BCUT2D eigenvalue weighted by Crippen LogP contribution is 2.23. The molecule has 1 unspecified atom stereocenters. The summed E-state index contributed by atoms with van der Waals surface area (Å²) in [4.78, 5) is 0.177. The summed E-state index contributed by atoms with van der Waals surface area (Å²) in [5.41, 5.74) is 0.425. The number of aromatic nitrogens is 2. The first kappa shape index (κ1) is 15.4. The van der Waals surface area contributed by atoms with Crippen LogP contribution < -0.4 is 4.74 Å². The van der Waals surface area contributed by atoms with Gasteiger partial charge in [-0.2, -0.15) is 14.7 Å². The zero-order chi connectivity index (χ0) is 16.3. The second-order valence-electron chi connectivity index (χ2n) is 5.09. The standard InChI is InChI=1S/C15H14N4O3S/c16-10-12-3-5-14(6-4-12)23(20,21)19-9-7-13(11-19)22-15-2-1-8-17-18-15/h1-6,8,13H,7,9,11H2. The van der Waals surface area contributed by atoms with Gasteiger partial charge in [0.25, 0.3) is 0 Å². The Labute approximate surface area is 134 Å².